The molecule has 3 aromatic rings. The van der Waals surface area contributed by atoms with E-state index in [4.69, 9.17) is 0 Å². The molecule has 1 atom stereocenters. The van der Waals surface area contributed by atoms with Gasteiger partial charge in [0.15, 0.2) is 0 Å². The van der Waals surface area contributed by atoms with Gasteiger partial charge < -0.3 is 0 Å². The molecule has 0 aliphatic carbocycles. The van der Waals surface area contributed by atoms with Gasteiger partial charge in [0.05, 0.1) is 17.4 Å². The Kier molecular flexibility index (Phi) is 3.90. The van der Waals surface area contributed by atoms with Crippen molar-refractivity contribution in [3.05, 3.63) is 78.4 Å². The highest BCUT2D eigenvalue weighted by atomic mass is 15.3. The first-order valence-corrected chi connectivity index (χ1v) is 8.15. The Morgan fingerprint density at radius 1 is 1.00 bits per heavy atom. The van der Waals surface area contributed by atoms with E-state index in [1.807, 2.05) is 35.4 Å². The van der Waals surface area contributed by atoms with Crippen LogP contribution < -0.4 is 0 Å². The molecule has 1 fully saturated rings. The normalized spacial score (nSPS) is 18.3. The van der Waals surface area contributed by atoms with Gasteiger partial charge in [-0.2, -0.15) is 5.10 Å². The topological polar surface area (TPSA) is 34.0 Å². The van der Waals surface area contributed by atoms with E-state index >= 15 is 0 Å². The van der Waals surface area contributed by atoms with Crippen LogP contribution in [0.2, 0.25) is 0 Å². The maximum absolute atomic E-state index is 4.57. The van der Waals surface area contributed by atoms with Crippen molar-refractivity contribution in [2.75, 3.05) is 6.54 Å². The molecule has 0 N–H and O–H groups in total. The molecular formula is C19H20N4. The van der Waals surface area contributed by atoms with Crippen molar-refractivity contribution in [2.24, 2.45) is 0 Å². The van der Waals surface area contributed by atoms with Gasteiger partial charge in [0.2, 0.25) is 0 Å². The SMILES string of the molecule is c1ccc(C2CCCN2Cc2ccccc2-n2cccn2)nc1. The third kappa shape index (κ3) is 2.90. The first kappa shape index (κ1) is 14.2. The lowest BCUT2D eigenvalue weighted by molar-refractivity contribution is 0.244. The molecule has 0 amide bonds. The Bertz CT molecular complexity index is 752. The van der Waals surface area contributed by atoms with Gasteiger partial charge >= 0.3 is 0 Å². The van der Waals surface area contributed by atoms with Crippen LogP contribution in [0.4, 0.5) is 0 Å². The summed E-state index contributed by atoms with van der Waals surface area (Å²) < 4.78 is 1.95. The zero-order valence-electron chi connectivity index (χ0n) is 13.0. The molecule has 4 rings (SSSR count). The molecule has 23 heavy (non-hydrogen) atoms. The molecule has 3 heterocycles. The molecule has 2 aromatic heterocycles. The summed E-state index contributed by atoms with van der Waals surface area (Å²) in [4.78, 5) is 7.10. The number of rotatable bonds is 4. The summed E-state index contributed by atoms with van der Waals surface area (Å²) in [5, 5.41) is 4.38. The number of benzene rings is 1. The summed E-state index contributed by atoms with van der Waals surface area (Å²) in [5.41, 5.74) is 3.64. The Labute approximate surface area is 136 Å². The second-order valence-corrected chi connectivity index (χ2v) is 5.96. The predicted molar refractivity (Wildman–Crippen MR) is 90.2 cm³/mol. The van der Waals surface area contributed by atoms with Crippen molar-refractivity contribution < 1.29 is 0 Å². The van der Waals surface area contributed by atoms with Crippen molar-refractivity contribution in [1.82, 2.24) is 19.7 Å². The van der Waals surface area contributed by atoms with Crippen LogP contribution in [0.5, 0.6) is 0 Å². The van der Waals surface area contributed by atoms with Gasteiger partial charge in [0.25, 0.3) is 0 Å². The predicted octanol–water partition coefficient (Wildman–Crippen LogP) is 3.60. The largest absolute Gasteiger partial charge is 0.290 e. The minimum absolute atomic E-state index is 0.418. The summed E-state index contributed by atoms with van der Waals surface area (Å²) >= 11 is 0. The molecule has 4 heteroatoms. The number of para-hydroxylation sites is 1. The first-order valence-electron chi connectivity index (χ1n) is 8.15. The average Bonchev–Trinajstić information content (AvgIpc) is 3.28. The van der Waals surface area contributed by atoms with Crippen LogP contribution in [-0.2, 0) is 6.54 Å². The summed E-state index contributed by atoms with van der Waals surface area (Å²) in [6.07, 6.45) is 8.12. The van der Waals surface area contributed by atoms with Crippen LogP contribution in [0.3, 0.4) is 0 Å². The molecule has 0 radical (unpaired) electrons. The van der Waals surface area contributed by atoms with Gasteiger partial charge in [0.1, 0.15) is 0 Å². The highest BCUT2D eigenvalue weighted by Crippen LogP contribution is 2.32. The average molecular weight is 304 g/mol. The lowest BCUT2D eigenvalue weighted by Gasteiger charge is -2.25. The van der Waals surface area contributed by atoms with Crippen molar-refractivity contribution in [3.63, 3.8) is 0 Å². The highest BCUT2D eigenvalue weighted by molar-refractivity contribution is 5.40. The second-order valence-electron chi connectivity index (χ2n) is 5.96. The third-order valence-electron chi connectivity index (χ3n) is 4.51. The van der Waals surface area contributed by atoms with E-state index in [0.717, 1.165) is 18.8 Å². The van der Waals surface area contributed by atoms with Crippen molar-refractivity contribution in [3.8, 4) is 5.69 Å². The highest BCUT2D eigenvalue weighted by Gasteiger charge is 2.27. The van der Waals surface area contributed by atoms with E-state index in [2.05, 4.69) is 51.4 Å². The van der Waals surface area contributed by atoms with Crippen LogP contribution in [-0.4, -0.2) is 26.2 Å². The number of pyridine rings is 1. The smallest absolute Gasteiger partial charge is 0.0690 e. The fraction of sp³-hybridized carbons (Fsp3) is 0.263. The second kappa shape index (κ2) is 6.34. The van der Waals surface area contributed by atoms with E-state index < -0.39 is 0 Å². The molecule has 4 nitrogen and oxygen atoms in total. The van der Waals surface area contributed by atoms with Crippen molar-refractivity contribution in [2.45, 2.75) is 25.4 Å². The van der Waals surface area contributed by atoms with Gasteiger partial charge in [-0.1, -0.05) is 24.3 Å². The molecule has 1 saturated heterocycles. The molecule has 116 valence electrons. The molecule has 0 saturated carbocycles. The summed E-state index contributed by atoms with van der Waals surface area (Å²) in [6, 6.07) is 17.1. The van der Waals surface area contributed by atoms with Gasteiger partial charge in [-0.3, -0.25) is 9.88 Å². The lowest BCUT2D eigenvalue weighted by atomic mass is 10.1. The summed E-state index contributed by atoms with van der Waals surface area (Å²) in [5.74, 6) is 0. The summed E-state index contributed by atoms with van der Waals surface area (Å²) in [7, 11) is 0. The van der Waals surface area contributed by atoms with Gasteiger partial charge in [-0.05, 0) is 49.2 Å². The summed E-state index contributed by atoms with van der Waals surface area (Å²) in [6.45, 7) is 2.05. The zero-order chi connectivity index (χ0) is 15.5. The fourth-order valence-corrected chi connectivity index (χ4v) is 3.42. The Balaban J connectivity index is 1.61. The van der Waals surface area contributed by atoms with Crippen molar-refractivity contribution >= 4 is 0 Å². The minimum Gasteiger partial charge on any atom is -0.290 e. The van der Waals surface area contributed by atoms with Crippen LogP contribution in [0.25, 0.3) is 5.69 Å². The monoisotopic (exact) mass is 304 g/mol. The number of nitrogens with zero attached hydrogens (tertiary/aromatic N) is 4. The van der Waals surface area contributed by atoms with Crippen LogP contribution in [0, 0.1) is 0 Å². The van der Waals surface area contributed by atoms with E-state index in [1.165, 1.54) is 24.1 Å². The van der Waals surface area contributed by atoms with Gasteiger partial charge in [-0.15, -0.1) is 0 Å². The number of likely N-dealkylation sites (tertiary alicyclic amines) is 1. The van der Waals surface area contributed by atoms with Crippen LogP contribution >= 0.6 is 0 Å². The number of hydrogen-bond donors (Lipinski definition) is 0. The number of aromatic nitrogens is 3. The Hall–Kier alpha value is -2.46. The standard InChI is InChI=1S/C19H20N4/c1-2-9-18(23-14-6-12-21-23)16(7-1)15-22-13-5-10-19(22)17-8-3-4-11-20-17/h1-4,6-9,11-12,14,19H,5,10,13,15H2. The lowest BCUT2D eigenvalue weighted by Crippen LogP contribution is -2.24. The maximum atomic E-state index is 4.57. The molecule has 1 aliphatic rings. The molecule has 1 unspecified atom stereocenters. The zero-order valence-corrected chi connectivity index (χ0v) is 13.0. The minimum atomic E-state index is 0.418. The maximum Gasteiger partial charge on any atom is 0.0690 e. The van der Waals surface area contributed by atoms with Gasteiger partial charge in [-0.25, -0.2) is 4.68 Å². The molecule has 0 spiro atoms. The van der Waals surface area contributed by atoms with E-state index in [-0.39, 0.29) is 0 Å². The molecule has 1 aromatic carbocycles. The third-order valence-corrected chi connectivity index (χ3v) is 4.51. The van der Waals surface area contributed by atoms with Gasteiger partial charge in [0, 0.05) is 25.1 Å². The Morgan fingerprint density at radius 2 is 1.91 bits per heavy atom. The molecule has 0 bridgehead atoms. The Morgan fingerprint density at radius 3 is 2.74 bits per heavy atom. The van der Waals surface area contributed by atoms with Crippen molar-refractivity contribution in [1.29, 1.82) is 0 Å². The van der Waals surface area contributed by atoms with Crippen LogP contribution in [0.15, 0.2) is 67.1 Å². The van der Waals surface area contributed by atoms with E-state index in [1.54, 1.807) is 0 Å². The van der Waals surface area contributed by atoms with E-state index in [9.17, 15) is 0 Å². The van der Waals surface area contributed by atoms with E-state index in [0.29, 0.717) is 6.04 Å². The molecular weight excluding hydrogens is 284 g/mol. The van der Waals surface area contributed by atoms with Crippen LogP contribution in [0.1, 0.15) is 30.1 Å². The fourth-order valence-electron chi connectivity index (χ4n) is 3.42. The first-order chi connectivity index (χ1) is 11.4. The quantitative estimate of drug-likeness (QED) is 0.738. The molecule has 1 aliphatic heterocycles. The number of hydrogen-bond acceptors (Lipinski definition) is 3.